The van der Waals surface area contributed by atoms with Crippen LogP contribution in [-0.4, -0.2) is 4.57 Å². The molecule has 0 aliphatic heterocycles. The number of aromatic nitrogens is 1. The fourth-order valence-corrected chi connectivity index (χ4v) is 2.40. The summed E-state index contributed by atoms with van der Waals surface area (Å²) in [6.45, 7) is 0.358. The minimum absolute atomic E-state index is 0.159. The number of rotatable bonds is 4. The van der Waals surface area contributed by atoms with Gasteiger partial charge in [0, 0.05) is 24.5 Å². The quantitative estimate of drug-likeness (QED) is 0.753. The summed E-state index contributed by atoms with van der Waals surface area (Å²) in [6.07, 6.45) is 1.78. The first-order chi connectivity index (χ1) is 11.1. The van der Waals surface area contributed by atoms with Crippen LogP contribution in [0, 0.1) is 0 Å². The van der Waals surface area contributed by atoms with E-state index in [4.69, 9.17) is 10.5 Å². The van der Waals surface area contributed by atoms with Crippen LogP contribution in [0.4, 0.5) is 5.69 Å². The summed E-state index contributed by atoms with van der Waals surface area (Å²) in [4.78, 5) is 12.3. The molecule has 0 aliphatic carbocycles. The van der Waals surface area contributed by atoms with Gasteiger partial charge in [0.15, 0.2) is 5.75 Å². The number of hydrogen-bond donors (Lipinski definition) is 1. The van der Waals surface area contributed by atoms with E-state index in [0.717, 1.165) is 16.7 Å². The molecule has 3 rings (SSSR count). The van der Waals surface area contributed by atoms with E-state index < -0.39 is 0 Å². The Bertz CT molecular complexity index is 870. The van der Waals surface area contributed by atoms with Crippen LogP contribution in [0.25, 0.3) is 11.1 Å². The first kappa shape index (κ1) is 14.9. The lowest BCUT2D eigenvalue weighted by atomic mass is 10.1. The Morgan fingerprint density at radius 2 is 1.78 bits per heavy atom. The average Bonchev–Trinajstić information content (AvgIpc) is 2.57. The van der Waals surface area contributed by atoms with E-state index in [-0.39, 0.29) is 5.56 Å². The molecule has 4 nitrogen and oxygen atoms in total. The highest BCUT2D eigenvalue weighted by Gasteiger charge is 2.08. The molecule has 0 bridgehead atoms. The zero-order chi connectivity index (χ0) is 16.2. The van der Waals surface area contributed by atoms with Crippen molar-refractivity contribution >= 4 is 5.69 Å². The van der Waals surface area contributed by atoms with Crippen LogP contribution >= 0.6 is 0 Å². The van der Waals surface area contributed by atoms with Crippen molar-refractivity contribution in [3.8, 4) is 16.9 Å². The Kier molecular flexibility index (Phi) is 4.15. The summed E-state index contributed by atoms with van der Waals surface area (Å²) in [5.41, 5.74) is 9.22. The third-order valence-corrected chi connectivity index (χ3v) is 3.61. The highest BCUT2D eigenvalue weighted by Crippen LogP contribution is 2.23. The number of ether oxygens (including phenoxy) is 1. The van der Waals surface area contributed by atoms with E-state index in [0.29, 0.717) is 18.0 Å². The molecule has 0 saturated carbocycles. The standard InChI is InChI=1S/C19H18N2O2/c1-21-12-16(15-8-5-9-17(20)10-15)11-18(19(21)22)23-13-14-6-3-2-4-7-14/h2-12H,13,20H2,1H3. The smallest absolute Gasteiger partial charge is 0.292 e. The van der Waals surface area contributed by atoms with E-state index in [1.807, 2.05) is 54.6 Å². The number of aryl methyl sites for hydroxylation is 1. The molecule has 23 heavy (non-hydrogen) atoms. The summed E-state index contributed by atoms with van der Waals surface area (Å²) < 4.78 is 7.26. The van der Waals surface area contributed by atoms with Crippen LogP contribution in [-0.2, 0) is 13.7 Å². The lowest BCUT2D eigenvalue weighted by molar-refractivity contribution is 0.300. The summed E-state index contributed by atoms with van der Waals surface area (Å²) in [7, 11) is 1.72. The largest absolute Gasteiger partial charge is 0.483 e. The van der Waals surface area contributed by atoms with E-state index in [2.05, 4.69) is 0 Å². The Morgan fingerprint density at radius 3 is 2.52 bits per heavy atom. The zero-order valence-corrected chi connectivity index (χ0v) is 12.9. The summed E-state index contributed by atoms with van der Waals surface area (Å²) in [5, 5.41) is 0. The minimum Gasteiger partial charge on any atom is -0.483 e. The van der Waals surface area contributed by atoms with Gasteiger partial charge in [0.05, 0.1) is 0 Å². The van der Waals surface area contributed by atoms with Crippen molar-refractivity contribution in [2.75, 3.05) is 5.73 Å². The Labute approximate surface area is 134 Å². The maximum atomic E-state index is 12.3. The summed E-state index contributed by atoms with van der Waals surface area (Å²) >= 11 is 0. The van der Waals surface area contributed by atoms with Crippen molar-refractivity contribution in [2.24, 2.45) is 7.05 Å². The van der Waals surface area contributed by atoms with Gasteiger partial charge in [-0.25, -0.2) is 0 Å². The van der Waals surface area contributed by atoms with Crippen molar-refractivity contribution in [2.45, 2.75) is 6.61 Å². The van der Waals surface area contributed by atoms with Crippen molar-refractivity contribution in [3.05, 3.63) is 82.8 Å². The van der Waals surface area contributed by atoms with Gasteiger partial charge in [0.25, 0.3) is 5.56 Å². The van der Waals surface area contributed by atoms with Gasteiger partial charge in [-0.1, -0.05) is 42.5 Å². The molecule has 0 aliphatic rings. The number of nitrogens with two attached hydrogens (primary N) is 1. The molecule has 116 valence electrons. The lowest BCUT2D eigenvalue weighted by Crippen LogP contribution is -2.18. The molecular formula is C19H18N2O2. The van der Waals surface area contributed by atoms with Crippen LogP contribution in [0.1, 0.15) is 5.56 Å². The van der Waals surface area contributed by atoms with Crippen LogP contribution in [0.3, 0.4) is 0 Å². The summed E-state index contributed by atoms with van der Waals surface area (Å²) in [5.74, 6) is 0.330. The number of nitrogen functional groups attached to an aromatic ring is 1. The predicted molar refractivity (Wildman–Crippen MR) is 92.3 cm³/mol. The Hall–Kier alpha value is -3.01. The molecule has 0 saturated heterocycles. The van der Waals surface area contributed by atoms with Gasteiger partial charge in [-0.05, 0) is 29.3 Å². The molecule has 1 heterocycles. The van der Waals surface area contributed by atoms with Gasteiger partial charge in [-0.15, -0.1) is 0 Å². The average molecular weight is 306 g/mol. The van der Waals surface area contributed by atoms with Gasteiger partial charge in [0.1, 0.15) is 6.61 Å². The van der Waals surface area contributed by atoms with E-state index in [1.165, 1.54) is 4.57 Å². The normalized spacial score (nSPS) is 10.5. The highest BCUT2D eigenvalue weighted by molar-refractivity contribution is 5.67. The number of hydrogen-bond acceptors (Lipinski definition) is 3. The number of pyridine rings is 1. The fourth-order valence-electron chi connectivity index (χ4n) is 2.40. The van der Waals surface area contributed by atoms with Crippen molar-refractivity contribution < 1.29 is 4.74 Å². The van der Waals surface area contributed by atoms with Crippen LogP contribution < -0.4 is 16.0 Å². The van der Waals surface area contributed by atoms with E-state index >= 15 is 0 Å². The molecule has 2 aromatic carbocycles. The van der Waals surface area contributed by atoms with Crippen LogP contribution in [0.2, 0.25) is 0 Å². The summed E-state index contributed by atoms with van der Waals surface area (Å²) in [6, 6.07) is 19.1. The van der Waals surface area contributed by atoms with Gasteiger partial charge in [0.2, 0.25) is 0 Å². The Balaban J connectivity index is 1.92. The second-order valence-corrected chi connectivity index (χ2v) is 5.41. The van der Waals surface area contributed by atoms with Crippen molar-refractivity contribution in [3.63, 3.8) is 0 Å². The fraction of sp³-hybridized carbons (Fsp3) is 0.105. The molecule has 0 atom stereocenters. The first-order valence-corrected chi connectivity index (χ1v) is 7.37. The van der Waals surface area contributed by atoms with Crippen LogP contribution in [0.5, 0.6) is 5.75 Å². The molecule has 0 radical (unpaired) electrons. The second-order valence-electron chi connectivity index (χ2n) is 5.41. The van der Waals surface area contributed by atoms with Gasteiger partial charge < -0.3 is 15.0 Å². The SMILES string of the molecule is Cn1cc(-c2cccc(N)c2)cc(OCc2ccccc2)c1=O. The third kappa shape index (κ3) is 3.43. The highest BCUT2D eigenvalue weighted by atomic mass is 16.5. The number of anilines is 1. The zero-order valence-electron chi connectivity index (χ0n) is 12.9. The van der Waals surface area contributed by atoms with E-state index in [1.54, 1.807) is 19.3 Å². The minimum atomic E-state index is -0.159. The van der Waals surface area contributed by atoms with Crippen molar-refractivity contribution in [1.82, 2.24) is 4.57 Å². The van der Waals surface area contributed by atoms with Crippen molar-refractivity contribution in [1.29, 1.82) is 0 Å². The lowest BCUT2D eigenvalue weighted by Gasteiger charge is -2.11. The number of benzene rings is 2. The topological polar surface area (TPSA) is 57.2 Å². The Morgan fingerprint density at radius 1 is 1.00 bits per heavy atom. The van der Waals surface area contributed by atoms with Gasteiger partial charge in [-0.3, -0.25) is 4.79 Å². The molecule has 0 unspecified atom stereocenters. The predicted octanol–water partition coefficient (Wildman–Crippen LogP) is 3.21. The maximum Gasteiger partial charge on any atom is 0.292 e. The van der Waals surface area contributed by atoms with Crippen LogP contribution in [0.15, 0.2) is 71.7 Å². The molecule has 0 spiro atoms. The molecule has 3 aromatic rings. The van der Waals surface area contributed by atoms with Gasteiger partial charge in [-0.2, -0.15) is 0 Å². The number of nitrogens with zero attached hydrogens (tertiary/aromatic N) is 1. The van der Waals surface area contributed by atoms with E-state index in [9.17, 15) is 4.79 Å². The molecule has 2 N–H and O–H groups in total. The molecular weight excluding hydrogens is 288 g/mol. The molecule has 0 fully saturated rings. The molecule has 4 heteroatoms. The maximum absolute atomic E-state index is 12.3. The van der Waals surface area contributed by atoms with Gasteiger partial charge >= 0.3 is 0 Å². The monoisotopic (exact) mass is 306 g/mol. The second kappa shape index (κ2) is 6.40. The molecule has 1 aromatic heterocycles. The third-order valence-electron chi connectivity index (χ3n) is 3.61. The molecule has 0 amide bonds. The first-order valence-electron chi connectivity index (χ1n) is 7.37.